The summed E-state index contributed by atoms with van der Waals surface area (Å²) in [5.74, 6) is 1.28. The zero-order chi connectivity index (χ0) is 19.1. The Balaban J connectivity index is 1.60. The van der Waals surface area contributed by atoms with Crippen LogP contribution in [0.2, 0.25) is 0 Å². The summed E-state index contributed by atoms with van der Waals surface area (Å²) >= 11 is 0. The molecule has 0 saturated heterocycles. The molecule has 2 atom stereocenters. The van der Waals surface area contributed by atoms with Crippen molar-refractivity contribution in [1.82, 2.24) is 29.5 Å². The molecular formula is C20H18N6O2. The molecule has 0 spiro atoms. The Kier molecular flexibility index (Phi) is 3.89. The van der Waals surface area contributed by atoms with Crippen LogP contribution < -0.4 is 9.47 Å². The third-order valence-electron chi connectivity index (χ3n) is 5.10. The van der Waals surface area contributed by atoms with E-state index in [-0.39, 0.29) is 6.01 Å². The highest BCUT2D eigenvalue weighted by molar-refractivity contribution is 5.68. The summed E-state index contributed by atoms with van der Waals surface area (Å²) in [6.07, 6.45) is 10.0. The molecule has 5 rings (SSSR count). The predicted octanol–water partition coefficient (Wildman–Crippen LogP) is 2.87. The van der Waals surface area contributed by atoms with E-state index in [9.17, 15) is 0 Å². The second-order valence-corrected chi connectivity index (χ2v) is 6.69. The van der Waals surface area contributed by atoms with Gasteiger partial charge in [-0.25, -0.2) is 14.5 Å². The van der Waals surface area contributed by atoms with E-state index in [1.807, 2.05) is 18.6 Å². The average molecular weight is 374 g/mol. The first-order chi connectivity index (χ1) is 13.8. The molecule has 0 amide bonds. The van der Waals surface area contributed by atoms with Gasteiger partial charge >= 0.3 is 6.01 Å². The van der Waals surface area contributed by atoms with Gasteiger partial charge in [-0.15, -0.1) is 0 Å². The van der Waals surface area contributed by atoms with Crippen LogP contribution in [-0.4, -0.2) is 43.8 Å². The zero-order valence-electron chi connectivity index (χ0n) is 15.5. The number of hydrogen-bond donors (Lipinski definition) is 0. The maximum Gasteiger partial charge on any atom is 0.319 e. The fourth-order valence-corrected chi connectivity index (χ4v) is 3.64. The van der Waals surface area contributed by atoms with Gasteiger partial charge in [0.25, 0.3) is 0 Å². The van der Waals surface area contributed by atoms with E-state index >= 15 is 0 Å². The van der Waals surface area contributed by atoms with Crippen molar-refractivity contribution in [3.8, 4) is 23.1 Å². The Morgan fingerprint density at radius 1 is 1.04 bits per heavy atom. The van der Waals surface area contributed by atoms with Crippen LogP contribution in [0.25, 0.3) is 16.9 Å². The molecule has 1 fully saturated rings. The van der Waals surface area contributed by atoms with Crippen LogP contribution in [0.15, 0.2) is 49.2 Å². The van der Waals surface area contributed by atoms with Gasteiger partial charge in [-0.1, -0.05) is 0 Å². The molecule has 1 saturated carbocycles. The number of rotatable bonds is 5. The molecule has 4 aromatic rings. The van der Waals surface area contributed by atoms with Crippen LogP contribution in [-0.2, 0) is 0 Å². The summed E-state index contributed by atoms with van der Waals surface area (Å²) in [4.78, 5) is 17.1. The predicted molar refractivity (Wildman–Crippen MR) is 101 cm³/mol. The van der Waals surface area contributed by atoms with Gasteiger partial charge in [0.15, 0.2) is 5.65 Å². The van der Waals surface area contributed by atoms with Crippen LogP contribution in [0.5, 0.6) is 11.9 Å². The Labute approximate surface area is 161 Å². The molecule has 0 aliphatic heterocycles. The molecule has 140 valence electrons. The number of imidazole rings is 1. The zero-order valence-corrected chi connectivity index (χ0v) is 15.5. The Morgan fingerprint density at radius 3 is 2.68 bits per heavy atom. The van der Waals surface area contributed by atoms with Gasteiger partial charge in [-0.3, -0.25) is 4.98 Å². The first-order valence-corrected chi connectivity index (χ1v) is 8.98. The molecule has 0 radical (unpaired) electrons. The lowest BCUT2D eigenvalue weighted by molar-refractivity contribution is 0.353. The molecule has 0 aromatic carbocycles. The van der Waals surface area contributed by atoms with Crippen LogP contribution in [0, 0.1) is 0 Å². The van der Waals surface area contributed by atoms with Gasteiger partial charge in [-0.05, 0) is 42.0 Å². The maximum absolute atomic E-state index is 5.44. The van der Waals surface area contributed by atoms with Gasteiger partial charge in [0.1, 0.15) is 0 Å². The highest BCUT2D eigenvalue weighted by Gasteiger charge is 2.41. The van der Waals surface area contributed by atoms with E-state index in [1.54, 1.807) is 24.0 Å². The number of hydrogen-bond acceptors (Lipinski definition) is 7. The molecule has 1 aliphatic rings. The van der Waals surface area contributed by atoms with Gasteiger partial charge in [-0.2, -0.15) is 10.1 Å². The summed E-state index contributed by atoms with van der Waals surface area (Å²) < 4.78 is 12.3. The minimum Gasteiger partial charge on any atom is -0.480 e. The van der Waals surface area contributed by atoms with Crippen molar-refractivity contribution in [3.63, 3.8) is 0 Å². The third-order valence-corrected chi connectivity index (χ3v) is 5.10. The van der Waals surface area contributed by atoms with Crippen molar-refractivity contribution in [1.29, 1.82) is 0 Å². The second kappa shape index (κ2) is 6.56. The average Bonchev–Trinajstić information content (AvgIpc) is 3.41. The summed E-state index contributed by atoms with van der Waals surface area (Å²) in [5, 5.41) is 4.68. The highest BCUT2D eigenvalue weighted by atomic mass is 16.5. The molecule has 0 unspecified atom stereocenters. The topological polar surface area (TPSA) is 87.3 Å². The van der Waals surface area contributed by atoms with Crippen molar-refractivity contribution >= 4 is 5.65 Å². The van der Waals surface area contributed by atoms with Crippen LogP contribution in [0.3, 0.4) is 0 Å². The fourth-order valence-electron chi connectivity index (χ4n) is 3.64. The Bertz CT molecular complexity index is 1140. The number of nitrogens with zero attached hydrogens (tertiary/aromatic N) is 6. The minimum absolute atomic E-state index is 0.254. The van der Waals surface area contributed by atoms with Crippen molar-refractivity contribution in [2.45, 2.75) is 18.3 Å². The lowest BCUT2D eigenvalue weighted by atomic mass is 10.0. The molecule has 8 heteroatoms. The van der Waals surface area contributed by atoms with Crippen molar-refractivity contribution in [2.75, 3.05) is 14.2 Å². The Morgan fingerprint density at radius 2 is 1.89 bits per heavy atom. The van der Waals surface area contributed by atoms with Crippen LogP contribution >= 0.6 is 0 Å². The molecule has 0 bridgehead atoms. The number of aromatic nitrogens is 6. The summed E-state index contributed by atoms with van der Waals surface area (Å²) in [6, 6.07) is 6.48. The SMILES string of the molecule is COc1ncc(-c2cc([C@H]3C[C@@H]3c3ccncc3)c3nccn3n2)c(OC)n1. The number of methoxy groups -OCH3 is 2. The first kappa shape index (κ1) is 16.6. The summed E-state index contributed by atoms with van der Waals surface area (Å²) in [6.45, 7) is 0. The molecule has 8 nitrogen and oxygen atoms in total. The van der Waals surface area contributed by atoms with Gasteiger partial charge < -0.3 is 9.47 Å². The molecule has 1 aliphatic carbocycles. The second-order valence-electron chi connectivity index (χ2n) is 6.69. The third kappa shape index (κ3) is 2.74. The number of pyridine rings is 1. The van der Waals surface area contributed by atoms with E-state index in [4.69, 9.17) is 9.47 Å². The van der Waals surface area contributed by atoms with E-state index in [0.29, 0.717) is 23.3 Å². The largest absolute Gasteiger partial charge is 0.480 e. The van der Waals surface area contributed by atoms with Crippen LogP contribution in [0.4, 0.5) is 0 Å². The molecular weight excluding hydrogens is 356 g/mol. The summed E-state index contributed by atoms with van der Waals surface area (Å²) in [7, 11) is 3.09. The fraction of sp³-hybridized carbons (Fsp3) is 0.250. The van der Waals surface area contributed by atoms with Crippen molar-refractivity contribution in [3.05, 3.63) is 60.3 Å². The lowest BCUT2D eigenvalue weighted by Gasteiger charge is -2.10. The molecule has 0 N–H and O–H groups in total. The van der Waals surface area contributed by atoms with Gasteiger partial charge in [0, 0.05) is 36.5 Å². The molecule has 4 heterocycles. The van der Waals surface area contributed by atoms with E-state index < -0.39 is 0 Å². The minimum atomic E-state index is 0.254. The first-order valence-electron chi connectivity index (χ1n) is 8.98. The van der Waals surface area contributed by atoms with E-state index in [0.717, 1.165) is 23.3 Å². The normalized spacial score (nSPS) is 18.2. The molecule has 4 aromatic heterocycles. The lowest BCUT2D eigenvalue weighted by Crippen LogP contribution is -2.02. The van der Waals surface area contributed by atoms with Gasteiger partial charge in [0.05, 0.1) is 25.5 Å². The summed E-state index contributed by atoms with van der Waals surface area (Å²) in [5.41, 5.74) is 4.78. The van der Waals surface area contributed by atoms with Crippen LogP contribution in [0.1, 0.15) is 29.4 Å². The maximum atomic E-state index is 5.44. The Hall–Kier alpha value is -3.55. The standard InChI is InChI=1S/C20H18N6O2/c1-27-19-16(11-23-20(24-19)28-2)17-10-15(18-22-7-8-26(18)25-17)14-9-13(14)12-3-5-21-6-4-12/h3-8,10-11,13-14H,9H2,1-2H3/t13-,14+/m1/s1. The number of fused-ring (bicyclic) bond motifs is 1. The highest BCUT2D eigenvalue weighted by Crippen LogP contribution is 2.55. The number of ether oxygens (including phenoxy) is 2. The monoisotopic (exact) mass is 374 g/mol. The van der Waals surface area contributed by atoms with E-state index in [1.165, 1.54) is 12.7 Å². The van der Waals surface area contributed by atoms with E-state index in [2.05, 4.69) is 43.2 Å². The molecule has 28 heavy (non-hydrogen) atoms. The van der Waals surface area contributed by atoms with Gasteiger partial charge in [0.2, 0.25) is 5.88 Å². The van der Waals surface area contributed by atoms with Crippen molar-refractivity contribution in [2.24, 2.45) is 0 Å². The smallest absolute Gasteiger partial charge is 0.319 e. The van der Waals surface area contributed by atoms with Crippen molar-refractivity contribution < 1.29 is 9.47 Å². The quantitative estimate of drug-likeness (QED) is 0.531.